The summed E-state index contributed by atoms with van der Waals surface area (Å²) in [7, 11) is -1.16. The molecule has 6 nitrogen and oxygen atoms in total. The van der Waals surface area contributed by atoms with Gasteiger partial charge in [0.25, 0.3) is 6.33 Å². The van der Waals surface area contributed by atoms with Gasteiger partial charge in [-0.05, 0) is 6.92 Å². The highest BCUT2D eigenvalue weighted by atomic mass is 32.2. The Kier molecular flexibility index (Phi) is 2.94. The molecule has 0 radical (unpaired) electrons. The van der Waals surface area contributed by atoms with E-state index in [1.807, 2.05) is 7.05 Å². The first kappa shape index (κ1) is 12.1. The lowest BCUT2D eigenvalue weighted by Gasteiger charge is -2.30. The van der Waals surface area contributed by atoms with Gasteiger partial charge in [0.2, 0.25) is 0 Å². The zero-order valence-electron chi connectivity index (χ0n) is 9.91. The first-order valence-corrected chi connectivity index (χ1v) is 7.26. The van der Waals surface area contributed by atoms with E-state index in [0.717, 1.165) is 0 Å². The van der Waals surface area contributed by atoms with Crippen molar-refractivity contribution in [3.63, 3.8) is 0 Å². The predicted molar refractivity (Wildman–Crippen MR) is 61.2 cm³/mol. The van der Waals surface area contributed by atoms with Gasteiger partial charge in [0, 0.05) is 12.6 Å². The monoisotopic (exact) mass is 258 g/mol. The van der Waals surface area contributed by atoms with Crippen molar-refractivity contribution >= 4 is 15.9 Å². The molecular weight excluding hydrogens is 242 g/mol. The number of hydrogen-bond acceptors (Lipinski definition) is 3. The van der Waals surface area contributed by atoms with Crippen LogP contribution in [-0.4, -0.2) is 48.0 Å². The van der Waals surface area contributed by atoms with Crippen molar-refractivity contribution < 1.29 is 17.8 Å². The molecule has 1 aliphatic rings. The third-order valence-corrected chi connectivity index (χ3v) is 4.70. The largest absolute Gasteiger partial charge is 0.416 e. The van der Waals surface area contributed by atoms with E-state index in [1.54, 1.807) is 35.1 Å². The second kappa shape index (κ2) is 4.14. The van der Waals surface area contributed by atoms with E-state index < -0.39 is 9.84 Å². The molecule has 1 fully saturated rings. The van der Waals surface area contributed by atoms with Crippen LogP contribution in [0.5, 0.6) is 0 Å². The average Bonchev–Trinajstić information content (AvgIpc) is 2.62. The summed E-state index contributed by atoms with van der Waals surface area (Å²) < 4.78 is 26.1. The minimum absolute atomic E-state index is 0.0478. The van der Waals surface area contributed by atoms with E-state index in [1.165, 1.54) is 4.57 Å². The summed E-state index contributed by atoms with van der Waals surface area (Å²) >= 11 is 0. The van der Waals surface area contributed by atoms with Crippen LogP contribution in [0.15, 0.2) is 18.7 Å². The molecule has 1 saturated heterocycles. The van der Waals surface area contributed by atoms with Crippen LogP contribution in [0.25, 0.3) is 0 Å². The van der Waals surface area contributed by atoms with Gasteiger partial charge >= 0.3 is 6.03 Å². The lowest BCUT2D eigenvalue weighted by Crippen LogP contribution is -2.51. The molecule has 7 heteroatoms. The number of carbonyl (C=O) groups is 1. The van der Waals surface area contributed by atoms with Gasteiger partial charge in [-0.2, -0.15) is 4.57 Å². The lowest BCUT2D eigenvalue weighted by molar-refractivity contribution is -0.670. The summed E-state index contributed by atoms with van der Waals surface area (Å²) in [6.45, 7) is 2.03. The number of aryl methyl sites for hydroxylation is 1. The zero-order chi connectivity index (χ0) is 12.6. The predicted octanol–water partition coefficient (Wildman–Crippen LogP) is -0.600. The quantitative estimate of drug-likeness (QED) is 0.584. The molecule has 2 rings (SSSR count). The first-order valence-electron chi connectivity index (χ1n) is 5.44. The summed E-state index contributed by atoms with van der Waals surface area (Å²) in [5.41, 5.74) is 0. The van der Waals surface area contributed by atoms with Crippen molar-refractivity contribution in [2.45, 2.75) is 13.0 Å². The topological polar surface area (TPSA) is 63.3 Å². The number of amides is 1. The normalized spacial score (nSPS) is 23.6. The molecule has 17 heavy (non-hydrogen) atoms. The molecule has 1 aromatic heterocycles. The molecule has 0 saturated carbocycles. The smallest absolute Gasteiger partial charge is 0.300 e. The molecule has 0 bridgehead atoms. The van der Waals surface area contributed by atoms with Crippen molar-refractivity contribution in [2.24, 2.45) is 7.05 Å². The number of hydrogen-bond donors (Lipinski definition) is 0. The van der Waals surface area contributed by atoms with E-state index >= 15 is 0 Å². The van der Waals surface area contributed by atoms with E-state index in [4.69, 9.17) is 0 Å². The molecule has 1 aliphatic heterocycles. The van der Waals surface area contributed by atoms with Crippen LogP contribution in [0.3, 0.4) is 0 Å². The van der Waals surface area contributed by atoms with E-state index in [-0.39, 0.29) is 30.1 Å². The first-order chi connectivity index (χ1) is 7.89. The molecule has 0 N–H and O–H groups in total. The molecule has 0 aliphatic carbocycles. The fourth-order valence-electron chi connectivity index (χ4n) is 1.99. The van der Waals surface area contributed by atoms with Crippen LogP contribution in [0.2, 0.25) is 0 Å². The summed E-state index contributed by atoms with van der Waals surface area (Å²) in [4.78, 5) is 13.7. The molecule has 1 aromatic rings. The summed E-state index contributed by atoms with van der Waals surface area (Å²) in [5.74, 6) is 0.0998. The second-order valence-electron chi connectivity index (χ2n) is 4.43. The maximum Gasteiger partial charge on any atom is 0.416 e. The van der Waals surface area contributed by atoms with Crippen molar-refractivity contribution in [1.29, 1.82) is 0 Å². The standard InChI is InChI=1S/C10H16N3O3S/c1-9-7-17(15,16)6-5-13(9)10(14)12-4-3-11(2)8-12/h3-4,8-9H,5-7H2,1-2H3/q+1. The van der Waals surface area contributed by atoms with Crippen molar-refractivity contribution in [3.05, 3.63) is 18.7 Å². The Morgan fingerprint density at radius 2 is 2.18 bits per heavy atom. The van der Waals surface area contributed by atoms with Crippen molar-refractivity contribution in [2.75, 3.05) is 18.1 Å². The molecule has 2 heterocycles. The zero-order valence-corrected chi connectivity index (χ0v) is 10.7. The molecule has 0 aromatic carbocycles. The van der Waals surface area contributed by atoms with Gasteiger partial charge in [-0.15, -0.1) is 0 Å². The molecule has 1 unspecified atom stereocenters. The van der Waals surface area contributed by atoms with Crippen LogP contribution in [0, 0.1) is 0 Å². The number of sulfone groups is 1. The Hall–Kier alpha value is -1.37. The number of carbonyl (C=O) groups excluding carboxylic acids is 1. The number of imidazole rings is 1. The molecule has 0 spiro atoms. The van der Waals surface area contributed by atoms with Gasteiger partial charge in [0.1, 0.15) is 12.4 Å². The number of rotatable bonds is 0. The fraction of sp³-hybridized carbons (Fsp3) is 0.600. The van der Waals surface area contributed by atoms with Gasteiger partial charge in [0.05, 0.1) is 18.6 Å². The van der Waals surface area contributed by atoms with Gasteiger partial charge < -0.3 is 0 Å². The second-order valence-corrected chi connectivity index (χ2v) is 6.65. The van der Waals surface area contributed by atoms with Crippen LogP contribution in [0.4, 0.5) is 4.79 Å². The van der Waals surface area contributed by atoms with Crippen molar-refractivity contribution in [3.8, 4) is 0 Å². The number of nitrogens with zero attached hydrogens (tertiary/aromatic N) is 3. The van der Waals surface area contributed by atoms with E-state index in [2.05, 4.69) is 0 Å². The van der Waals surface area contributed by atoms with Gasteiger partial charge in [0.15, 0.2) is 9.84 Å². The summed E-state index contributed by atoms with van der Waals surface area (Å²) in [5, 5.41) is 0. The van der Waals surface area contributed by atoms with Crippen LogP contribution in [0.1, 0.15) is 6.92 Å². The molecule has 1 amide bonds. The maximum absolute atomic E-state index is 12.1. The van der Waals surface area contributed by atoms with Crippen molar-refractivity contribution in [1.82, 2.24) is 9.47 Å². The van der Waals surface area contributed by atoms with Crippen LogP contribution >= 0.6 is 0 Å². The highest BCUT2D eigenvalue weighted by Crippen LogP contribution is 2.12. The minimum atomic E-state index is -2.98. The lowest BCUT2D eigenvalue weighted by atomic mass is 10.3. The Bertz CT molecular complexity index is 535. The minimum Gasteiger partial charge on any atom is -0.300 e. The fourth-order valence-corrected chi connectivity index (χ4v) is 3.55. The third-order valence-electron chi connectivity index (χ3n) is 2.91. The summed E-state index contributed by atoms with van der Waals surface area (Å²) in [6, 6.07) is -0.443. The van der Waals surface area contributed by atoms with Crippen LogP contribution < -0.4 is 4.57 Å². The maximum atomic E-state index is 12.1. The molecule has 1 atom stereocenters. The SMILES string of the molecule is CC1CS(=O)(=O)CCN1C(=O)n1cc[n+](C)c1. The Morgan fingerprint density at radius 1 is 1.47 bits per heavy atom. The van der Waals surface area contributed by atoms with Gasteiger partial charge in [-0.1, -0.05) is 0 Å². The Morgan fingerprint density at radius 3 is 2.71 bits per heavy atom. The van der Waals surface area contributed by atoms with Gasteiger partial charge in [-0.3, -0.25) is 4.90 Å². The van der Waals surface area contributed by atoms with Gasteiger partial charge in [-0.25, -0.2) is 17.8 Å². The highest BCUT2D eigenvalue weighted by molar-refractivity contribution is 7.91. The van der Waals surface area contributed by atoms with E-state index in [9.17, 15) is 13.2 Å². The highest BCUT2D eigenvalue weighted by Gasteiger charge is 2.33. The Labute approximate surface area is 100 Å². The molecular formula is C10H16N3O3S+. The Balaban J connectivity index is 2.16. The third kappa shape index (κ3) is 2.49. The van der Waals surface area contributed by atoms with E-state index in [0.29, 0.717) is 0 Å². The van der Waals surface area contributed by atoms with Crippen LogP contribution in [-0.2, 0) is 16.9 Å². The molecule has 94 valence electrons. The summed E-state index contributed by atoms with van der Waals surface area (Å²) in [6.07, 6.45) is 5.10. The average molecular weight is 258 g/mol. The number of aromatic nitrogens is 2.